The zero-order valence-electron chi connectivity index (χ0n) is 10.6. The third kappa shape index (κ3) is 4.39. The third-order valence-electron chi connectivity index (χ3n) is 3.31. The lowest BCUT2D eigenvalue weighted by Crippen LogP contribution is -2.35. The zero-order valence-corrected chi connectivity index (χ0v) is 11.4. The number of nitrogens with one attached hydrogen (secondary N) is 1. The van der Waals surface area contributed by atoms with E-state index >= 15 is 0 Å². The second-order valence-electron chi connectivity index (χ2n) is 5.02. The van der Waals surface area contributed by atoms with Crippen molar-refractivity contribution in [2.24, 2.45) is 5.92 Å². The summed E-state index contributed by atoms with van der Waals surface area (Å²) in [5.41, 5.74) is 0. The van der Waals surface area contributed by atoms with Gasteiger partial charge in [-0.1, -0.05) is 0 Å². The summed E-state index contributed by atoms with van der Waals surface area (Å²) in [5.74, 6) is 0.686. The first kappa shape index (κ1) is 13.9. The summed E-state index contributed by atoms with van der Waals surface area (Å²) in [6, 6.07) is 0. The van der Waals surface area contributed by atoms with Crippen molar-refractivity contribution in [3.05, 3.63) is 0 Å². The van der Waals surface area contributed by atoms with E-state index in [1.165, 1.54) is 12.8 Å². The van der Waals surface area contributed by atoms with E-state index in [1.54, 1.807) is 13.8 Å². The molecule has 4 nitrogen and oxygen atoms in total. The Kier molecular flexibility index (Phi) is 5.21. The van der Waals surface area contributed by atoms with Gasteiger partial charge in [0.25, 0.3) is 0 Å². The van der Waals surface area contributed by atoms with Crippen LogP contribution in [0.5, 0.6) is 0 Å². The maximum absolute atomic E-state index is 11.5. The van der Waals surface area contributed by atoms with E-state index in [0.29, 0.717) is 12.5 Å². The monoisotopic (exact) mass is 248 g/mol. The Bertz CT molecular complexity index is 293. The van der Waals surface area contributed by atoms with Crippen LogP contribution in [0, 0.1) is 5.92 Å². The van der Waals surface area contributed by atoms with Crippen LogP contribution in [-0.2, 0) is 10.0 Å². The first-order valence-electron chi connectivity index (χ1n) is 6.09. The highest BCUT2D eigenvalue weighted by Crippen LogP contribution is 2.18. The van der Waals surface area contributed by atoms with Crippen molar-refractivity contribution < 1.29 is 8.42 Å². The van der Waals surface area contributed by atoms with E-state index in [2.05, 4.69) is 16.7 Å². The Balaban J connectivity index is 2.21. The SMILES string of the molecule is CC(C)S(=O)(=O)NCCC1CCN(C)CC1. The third-order valence-corrected chi connectivity index (χ3v) is 5.16. The van der Waals surface area contributed by atoms with Crippen LogP contribution in [-0.4, -0.2) is 45.2 Å². The molecule has 1 heterocycles. The molecule has 0 aromatic rings. The Labute approximate surface area is 99.5 Å². The average molecular weight is 248 g/mol. The molecule has 0 aromatic carbocycles. The van der Waals surface area contributed by atoms with Gasteiger partial charge in [-0.05, 0) is 59.2 Å². The molecule has 16 heavy (non-hydrogen) atoms. The second-order valence-corrected chi connectivity index (χ2v) is 7.34. The molecule has 5 heteroatoms. The van der Waals surface area contributed by atoms with Gasteiger partial charge in [0.05, 0.1) is 5.25 Å². The quantitative estimate of drug-likeness (QED) is 0.791. The molecule has 96 valence electrons. The van der Waals surface area contributed by atoms with Crippen molar-refractivity contribution in [3.8, 4) is 0 Å². The van der Waals surface area contributed by atoms with Crippen LogP contribution in [0.3, 0.4) is 0 Å². The fourth-order valence-corrected chi connectivity index (χ4v) is 2.66. The van der Waals surface area contributed by atoms with Crippen LogP contribution in [0.25, 0.3) is 0 Å². The molecule has 0 radical (unpaired) electrons. The van der Waals surface area contributed by atoms with Crippen LogP contribution in [0.2, 0.25) is 0 Å². The summed E-state index contributed by atoms with van der Waals surface area (Å²) < 4.78 is 25.7. The van der Waals surface area contributed by atoms with Crippen molar-refractivity contribution in [3.63, 3.8) is 0 Å². The Morgan fingerprint density at radius 3 is 2.38 bits per heavy atom. The molecule has 1 N–H and O–H groups in total. The molecule has 0 saturated carbocycles. The maximum atomic E-state index is 11.5. The summed E-state index contributed by atoms with van der Waals surface area (Å²) in [5, 5.41) is -0.329. The van der Waals surface area contributed by atoms with Crippen LogP contribution < -0.4 is 4.72 Å². The molecule has 1 aliphatic heterocycles. The summed E-state index contributed by atoms with van der Waals surface area (Å²) in [4.78, 5) is 2.33. The molecule has 1 fully saturated rings. The number of hydrogen-bond acceptors (Lipinski definition) is 3. The first-order chi connectivity index (χ1) is 7.42. The Hall–Kier alpha value is -0.130. The van der Waals surface area contributed by atoms with Gasteiger partial charge >= 0.3 is 0 Å². The zero-order chi connectivity index (χ0) is 12.2. The Morgan fingerprint density at radius 2 is 1.88 bits per heavy atom. The molecular weight excluding hydrogens is 224 g/mol. The molecule has 0 unspecified atom stereocenters. The van der Waals surface area contributed by atoms with Gasteiger partial charge in [0.2, 0.25) is 10.0 Å². The highest BCUT2D eigenvalue weighted by Gasteiger charge is 2.18. The minimum atomic E-state index is -3.07. The van der Waals surface area contributed by atoms with Crippen LogP contribution >= 0.6 is 0 Å². The fraction of sp³-hybridized carbons (Fsp3) is 1.00. The van der Waals surface area contributed by atoms with Gasteiger partial charge in [-0.2, -0.15) is 0 Å². The highest BCUT2D eigenvalue weighted by molar-refractivity contribution is 7.90. The fourth-order valence-electron chi connectivity index (χ4n) is 1.92. The molecule has 0 aromatic heterocycles. The molecule has 1 rings (SSSR count). The number of rotatable bonds is 5. The van der Waals surface area contributed by atoms with Crippen LogP contribution in [0.1, 0.15) is 33.1 Å². The Morgan fingerprint density at radius 1 is 1.31 bits per heavy atom. The van der Waals surface area contributed by atoms with E-state index in [4.69, 9.17) is 0 Å². The number of piperidine rings is 1. The van der Waals surface area contributed by atoms with Gasteiger partial charge in [0.15, 0.2) is 0 Å². The second kappa shape index (κ2) is 5.98. The largest absolute Gasteiger partial charge is 0.306 e. The van der Waals surface area contributed by atoms with Gasteiger partial charge < -0.3 is 4.90 Å². The van der Waals surface area contributed by atoms with Gasteiger partial charge in [-0.15, -0.1) is 0 Å². The average Bonchev–Trinajstić information content (AvgIpc) is 2.20. The highest BCUT2D eigenvalue weighted by atomic mass is 32.2. The lowest BCUT2D eigenvalue weighted by atomic mass is 9.94. The van der Waals surface area contributed by atoms with Gasteiger partial charge in [0, 0.05) is 6.54 Å². The van der Waals surface area contributed by atoms with Crippen molar-refractivity contribution in [1.82, 2.24) is 9.62 Å². The van der Waals surface area contributed by atoms with E-state index < -0.39 is 10.0 Å². The summed E-state index contributed by atoms with van der Waals surface area (Å²) in [6.07, 6.45) is 3.36. The molecule has 1 saturated heterocycles. The standard InChI is InChI=1S/C11H24N2O2S/c1-10(2)16(14,15)12-7-4-11-5-8-13(3)9-6-11/h10-12H,4-9H2,1-3H3. The molecule has 0 atom stereocenters. The predicted octanol–water partition coefficient (Wildman–Crippen LogP) is 1.05. The maximum Gasteiger partial charge on any atom is 0.213 e. The van der Waals surface area contributed by atoms with Crippen LogP contribution in [0.15, 0.2) is 0 Å². The van der Waals surface area contributed by atoms with E-state index in [1.807, 2.05) is 0 Å². The summed E-state index contributed by atoms with van der Waals surface area (Å²) in [6.45, 7) is 6.29. The first-order valence-corrected chi connectivity index (χ1v) is 7.63. The normalized spacial score (nSPS) is 20.5. The molecule has 0 amide bonds. The predicted molar refractivity (Wildman–Crippen MR) is 66.9 cm³/mol. The topological polar surface area (TPSA) is 49.4 Å². The van der Waals surface area contributed by atoms with Gasteiger partial charge in [-0.25, -0.2) is 13.1 Å². The summed E-state index contributed by atoms with van der Waals surface area (Å²) >= 11 is 0. The lowest BCUT2D eigenvalue weighted by molar-refractivity contribution is 0.213. The molecular formula is C11H24N2O2S. The number of likely N-dealkylation sites (tertiary alicyclic amines) is 1. The van der Waals surface area contributed by atoms with Crippen molar-refractivity contribution in [2.45, 2.75) is 38.4 Å². The lowest BCUT2D eigenvalue weighted by Gasteiger charge is -2.28. The van der Waals surface area contributed by atoms with Crippen LogP contribution in [0.4, 0.5) is 0 Å². The molecule has 0 bridgehead atoms. The smallest absolute Gasteiger partial charge is 0.213 e. The number of sulfonamides is 1. The minimum Gasteiger partial charge on any atom is -0.306 e. The van der Waals surface area contributed by atoms with E-state index in [0.717, 1.165) is 19.5 Å². The van der Waals surface area contributed by atoms with Crippen molar-refractivity contribution in [2.75, 3.05) is 26.7 Å². The number of hydrogen-bond donors (Lipinski definition) is 1. The van der Waals surface area contributed by atoms with Gasteiger partial charge in [-0.3, -0.25) is 0 Å². The molecule has 0 spiro atoms. The minimum absolute atomic E-state index is 0.329. The van der Waals surface area contributed by atoms with E-state index in [9.17, 15) is 8.42 Å². The van der Waals surface area contributed by atoms with Crippen molar-refractivity contribution >= 4 is 10.0 Å². The number of nitrogens with zero attached hydrogens (tertiary/aromatic N) is 1. The molecule has 1 aliphatic rings. The van der Waals surface area contributed by atoms with Crippen molar-refractivity contribution in [1.29, 1.82) is 0 Å². The summed E-state index contributed by atoms with van der Waals surface area (Å²) in [7, 11) is -0.934. The van der Waals surface area contributed by atoms with E-state index in [-0.39, 0.29) is 5.25 Å². The van der Waals surface area contributed by atoms with Gasteiger partial charge in [0.1, 0.15) is 0 Å². The molecule has 0 aliphatic carbocycles.